The second kappa shape index (κ2) is 7.11. The van der Waals surface area contributed by atoms with Crippen molar-refractivity contribution in [3.63, 3.8) is 0 Å². The standard InChI is InChI=1S/C17H16N4OS2/c1-4-9-21-15(22)14(10-13-8-6-5-7-11(13)2)24-17(21)18-16-20-19-12(3)23-16/h4-8,10H,1,9H2,2-3H3/b14-10-,18-17+. The number of aryl methyl sites for hydroxylation is 2. The molecule has 122 valence electrons. The summed E-state index contributed by atoms with van der Waals surface area (Å²) in [7, 11) is 0. The van der Waals surface area contributed by atoms with Gasteiger partial charge in [-0.2, -0.15) is 4.99 Å². The summed E-state index contributed by atoms with van der Waals surface area (Å²) in [5, 5.41) is 9.97. The Kier molecular flexibility index (Phi) is 4.92. The van der Waals surface area contributed by atoms with Crippen molar-refractivity contribution in [2.24, 2.45) is 4.99 Å². The van der Waals surface area contributed by atoms with Crippen LogP contribution in [0.5, 0.6) is 0 Å². The largest absolute Gasteiger partial charge is 0.282 e. The third-order valence-electron chi connectivity index (χ3n) is 3.38. The van der Waals surface area contributed by atoms with E-state index in [1.165, 1.54) is 23.1 Å². The maximum absolute atomic E-state index is 12.7. The summed E-state index contributed by atoms with van der Waals surface area (Å²) < 4.78 is 0. The van der Waals surface area contributed by atoms with Crippen molar-refractivity contribution in [2.45, 2.75) is 13.8 Å². The van der Waals surface area contributed by atoms with Gasteiger partial charge in [0.2, 0.25) is 5.13 Å². The molecule has 0 N–H and O–H groups in total. The minimum absolute atomic E-state index is 0.0665. The maximum Gasteiger partial charge on any atom is 0.267 e. The molecule has 0 spiro atoms. The molecule has 5 nitrogen and oxygen atoms in total. The first kappa shape index (κ1) is 16.6. The minimum atomic E-state index is -0.0665. The Morgan fingerprint density at radius 1 is 1.29 bits per heavy atom. The molecule has 24 heavy (non-hydrogen) atoms. The average Bonchev–Trinajstić information content (AvgIpc) is 3.09. The fourth-order valence-electron chi connectivity index (χ4n) is 2.18. The SMILES string of the molecule is C=CCN1C(=O)/C(=C/c2ccccc2C)S/C1=N/c1nnc(C)s1. The van der Waals surface area contributed by atoms with Gasteiger partial charge in [0.1, 0.15) is 5.01 Å². The number of hydrogen-bond donors (Lipinski definition) is 0. The molecule has 0 bridgehead atoms. The number of hydrogen-bond acceptors (Lipinski definition) is 6. The molecule has 0 aliphatic carbocycles. The Hall–Kier alpha value is -2.25. The van der Waals surface area contributed by atoms with E-state index in [1.807, 2.05) is 44.2 Å². The molecular formula is C17H16N4OS2. The Morgan fingerprint density at radius 3 is 2.75 bits per heavy atom. The van der Waals surface area contributed by atoms with E-state index in [2.05, 4.69) is 21.8 Å². The van der Waals surface area contributed by atoms with Gasteiger partial charge >= 0.3 is 0 Å². The fourth-order valence-corrected chi connectivity index (χ4v) is 3.78. The lowest BCUT2D eigenvalue weighted by Gasteiger charge is -2.11. The monoisotopic (exact) mass is 356 g/mol. The molecule has 0 unspecified atom stereocenters. The van der Waals surface area contributed by atoms with Crippen molar-refractivity contribution in [3.05, 3.63) is 58.0 Å². The van der Waals surface area contributed by atoms with E-state index in [0.29, 0.717) is 21.7 Å². The zero-order valence-electron chi connectivity index (χ0n) is 13.4. The number of rotatable bonds is 4. The highest BCUT2D eigenvalue weighted by Crippen LogP contribution is 2.34. The second-order valence-electron chi connectivity index (χ2n) is 5.17. The molecule has 0 atom stereocenters. The average molecular weight is 356 g/mol. The van der Waals surface area contributed by atoms with Crippen LogP contribution in [-0.4, -0.2) is 32.7 Å². The molecule has 1 aromatic heterocycles. The van der Waals surface area contributed by atoms with Crippen LogP contribution in [0.4, 0.5) is 5.13 Å². The van der Waals surface area contributed by atoms with Crippen molar-refractivity contribution in [3.8, 4) is 0 Å². The summed E-state index contributed by atoms with van der Waals surface area (Å²) in [5.74, 6) is -0.0665. The van der Waals surface area contributed by atoms with Crippen LogP contribution in [0.25, 0.3) is 6.08 Å². The molecular weight excluding hydrogens is 340 g/mol. The van der Waals surface area contributed by atoms with E-state index in [0.717, 1.165) is 16.1 Å². The molecule has 0 radical (unpaired) electrons. The van der Waals surface area contributed by atoms with E-state index in [-0.39, 0.29) is 5.91 Å². The summed E-state index contributed by atoms with van der Waals surface area (Å²) in [6.07, 6.45) is 3.60. The number of carbonyl (C=O) groups excluding carboxylic acids is 1. The zero-order chi connectivity index (χ0) is 17.1. The third-order valence-corrected chi connectivity index (χ3v) is 5.12. The second-order valence-corrected chi connectivity index (χ2v) is 7.34. The number of nitrogens with zero attached hydrogens (tertiary/aromatic N) is 4. The lowest BCUT2D eigenvalue weighted by molar-refractivity contribution is -0.121. The van der Waals surface area contributed by atoms with Crippen molar-refractivity contribution < 1.29 is 4.79 Å². The maximum atomic E-state index is 12.7. The van der Waals surface area contributed by atoms with Gasteiger partial charge in [0.25, 0.3) is 5.91 Å². The van der Waals surface area contributed by atoms with E-state index in [1.54, 1.807) is 11.0 Å². The topological polar surface area (TPSA) is 58.5 Å². The Balaban J connectivity index is 1.96. The molecule has 1 saturated heterocycles. The number of amidine groups is 1. The van der Waals surface area contributed by atoms with Crippen LogP contribution in [-0.2, 0) is 4.79 Å². The molecule has 1 aliphatic heterocycles. The number of carbonyl (C=O) groups is 1. The van der Waals surface area contributed by atoms with Gasteiger partial charge < -0.3 is 0 Å². The first-order chi connectivity index (χ1) is 11.6. The first-order valence-corrected chi connectivity index (χ1v) is 8.98. The lowest BCUT2D eigenvalue weighted by Crippen LogP contribution is -2.29. The predicted molar refractivity (Wildman–Crippen MR) is 100 cm³/mol. The molecule has 0 saturated carbocycles. The van der Waals surface area contributed by atoms with Gasteiger partial charge in [0.15, 0.2) is 5.17 Å². The van der Waals surface area contributed by atoms with Crippen LogP contribution in [0.2, 0.25) is 0 Å². The number of aliphatic imine (C=N–C) groups is 1. The predicted octanol–water partition coefficient (Wildman–Crippen LogP) is 3.94. The van der Waals surface area contributed by atoms with Crippen LogP contribution in [0.1, 0.15) is 16.1 Å². The summed E-state index contributed by atoms with van der Waals surface area (Å²) in [6, 6.07) is 7.97. The Morgan fingerprint density at radius 2 is 2.08 bits per heavy atom. The molecule has 1 amide bonds. The van der Waals surface area contributed by atoms with Crippen molar-refractivity contribution in [2.75, 3.05) is 6.54 Å². The summed E-state index contributed by atoms with van der Waals surface area (Å²) in [6.45, 7) is 8.03. The van der Waals surface area contributed by atoms with Crippen LogP contribution in [0.15, 0.2) is 46.8 Å². The molecule has 7 heteroatoms. The van der Waals surface area contributed by atoms with Crippen molar-refractivity contribution in [1.29, 1.82) is 0 Å². The van der Waals surface area contributed by atoms with Crippen LogP contribution >= 0.6 is 23.1 Å². The van der Waals surface area contributed by atoms with Gasteiger partial charge in [-0.1, -0.05) is 41.7 Å². The molecule has 3 rings (SSSR count). The van der Waals surface area contributed by atoms with Gasteiger partial charge in [-0.05, 0) is 42.8 Å². The highest BCUT2D eigenvalue weighted by atomic mass is 32.2. The molecule has 1 fully saturated rings. The van der Waals surface area contributed by atoms with Gasteiger partial charge in [-0.25, -0.2) is 0 Å². The Labute approximate surface area is 148 Å². The van der Waals surface area contributed by atoms with Gasteiger partial charge in [-0.3, -0.25) is 9.69 Å². The molecule has 2 aromatic rings. The normalized spacial score (nSPS) is 17.9. The molecule has 1 aliphatic rings. The minimum Gasteiger partial charge on any atom is -0.282 e. The van der Waals surface area contributed by atoms with E-state index < -0.39 is 0 Å². The third kappa shape index (κ3) is 3.47. The fraction of sp³-hybridized carbons (Fsp3) is 0.176. The van der Waals surface area contributed by atoms with Gasteiger partial charge in [-0.15, -0.1) is 16.8 Å². The quantitative estimate of drug-likeness (QED) is 0.615. The zero-order valence-corrected chi connectivity index (χ0v) is 15.0. The van der Waals surface area contributed by atoms with E-state index in [9.17, 15) is 4.79 Å². The molecule has 2 heterocycles. The Bertz CT molecular complexity index is 854. The van der Waals surface area contributed by atoms with Crippen LogP contribution in [0, 0.1) is 13.8 Å². The summed E-state index contributed by atoms with van der Waals surface area (Å²) in [4.78, 5) is 19.4. The van der Waals surface area contributed by atoms with Crippen LogP contribution < -0.4 is 0 Å². The lowest BCUT2D eigenvalue weighted by atomic mass is 10.1. The van der Waals surface area contributed by atoms with Crippen molar-refractivity contribution in [1.82, 2.24) is 15.1 Å². The van der Waals surface area contributed by atoms with E-state index >= 15 is 0 Å². The van der Waals surface area contributed by atoms with Gasteiger partial charge in [0, 0.05) is 6.54 Å². The smallest absolute Gasteiger partial charge is 0.267 e. The number of amides is 1. The number of benzene rings is 1. The highest BCUT2D eigenvalue weighted by molar-refractivity contribution is 8.18. The summed E-state index contributed by atoms with van der Waals surface area (Å²) >= 11 is 2.75. The van der Waals surface area contributed by atoms with Crippen molar-refractivity contribution >= 4 is 45.4 Å². The molecule has 1 aromatic carbocycles. The first-order valence-electron chi connectivity index (χ1n) is 7.35. The number of aromatic nitrogens is 2. The highest BCUT2D eigenvalue weighted by Gasteiger charge is 2.33. The number of thioether (sulfide) groups is 1. The van der Waals surface area contributed by atoms with Crippen LogP contribution in [0.3, 0.4) is 0 Å². The van der Waals surface area contributed by atoms with E-state index in [4.69, 9.17) is 0 Å². The van der Waals surface area contributed by atoms with Gasteiger partial charge in [0.05, 0.1) is 4.91 Å². The summed E-state index contributed by atoms with van der Waals surface area (Å²) in [5.41, 5.74) is 2.15.